The van der Waals surface area contributed by atoms with E-state index < -0.39 is 0 Å². The number of nitrogens with zero attached hydrogens (tertiary/aromatic N) is 4. The van der Waals surface area contributed by atoms with Crippen LogP contribution in [0.3, 0.4) is 0 Å². The molecule has 2 saturated heterocycles. The van der Waals surface area contributed by atoms with Gasteiger partial charge in [-0.1, -0.05) is 25.1 Å². The van der Waals surface area contributed by atoms with Crippen LogP contribution in [0.5, 0.6) is 0 Å². The van der Waals surface area contributed by atoms with Crippen molar-refractivity contribution in [3.63, 3.8) is 0 Å². The van der Waals surface area contributed by atoms with Crippen LogP contribution in [0.25, 0.3) is 16.6 Å². The summed E-state index contributed by atoms with van der Waals surface area (Å²) in [7, 11) is 0. The predicted octanol–water partition coefficient (Wildman–Crippen LogP) is 4.77. The molecule has 6 heteroatoms. The number of rotatable bonds is 3. The second-order valence-electron chi connectivity index (χ2n) is 10.1. The predicted molar refractivity (Wildman–Crippen MR) is 130 cm³/mol. The zero-order chi connectivity index (χ0) is 22.2. The largest absolute Gasteiger partial charge is 0.419 e. The number of ether oxygens (including phenoxy) is 1. The molecule has 4 aliphatic heterocycles. The first-order valence-corrected chi connectivity index (χ1v) is 12.6. The van der Waals surface area contributed by atoms with Crippen LogP contribution in [0.1, 0.15) is 55.1 Å². The molecule has 0 amide bonds. The van der Waals surface area contributed by atoms with E-state index in [1.807, 2.05) is 0 Å². The molecule has 0 radical (unpaired) electrons. The molecule has 2 fully saturated rings. The van der Waals surface area contributed by atoms with E-state index in [0.29, 0.717) is 6.04 Å². The Kier molecular flexibility index (Phi) is 4.34. The van der Waals surface area contributed by atoms with E-state index in [2.05, 4.69) is 58.6 Å². The number of para-hydroxylation sites is 1. The molecule has 0 N–H and O–H groups in total. The van der Waals surface area contributed by atoms with Gasteiger partial charge in [-0.2, -0.15) is 0 Å². The van der Waals surface area contributed by atoms with Gasteiger partial charge in [-0.25, -0.2) is 4.98 Å². The lowest BCUT2D eigenvalue weighted by Crippen LogP contribution is -2.50. The Hall–Kier alpha value is -2.57. The molecular weight excluding hydrogens is 412 g/mol. The summed E-state index contributed by atoms with van der Waals surface area (Å²) in [5.41, 5.74) is 6.55. The van der Waals surface area contributed by atoms with Crippen LogP contribution in [0.4, 0.5) is 5.88 Å². The molecule has 0 aliphatic carbocycles. The van der Waals surface area contributed by atoms with Crippen LogP contribution in [-0.4, -0.2) is 53.8 Å². The molecule has 2 unspecified atom stereocenters. The standard InChI is InChI=1S/C27H32N4O2/c1-3-27-10-6-11-29-12-9-20-19-7-4-5-8-21(19)31(23(20)24(27)29)22(17-27)25-28-18(2)26(33-25)30-13-15-32-16-14-30/h4-5,7-8,17,24H,3,6,9-16H2,1-2H3. The normalized spacial score (nSPS) is 27.0. The van der Waals surface area contributed by atoms with Crippen molar-refractivity contribution >= 4 is 22.5 Å². The third-order valence-corrected chi connectivity index (χ3v) is 8.54. The van der Waals surface area contributed by atoms with Crippen LogP contribution < -0.4 is 4.90 Å². The van der Waals surface area contributed by atoms with Crippen molar-refractivity contribution in [3.8, 4) is 0 Å². The molecule has 33 heavy (non-hydrogen) atoms. The van der Waals surface area contributed by atoms with E-state index in [4.69, 9.17) is 14.1 Å². The number of benzene rings is 1. The maximum absolute atomic E-state index is 6.58. The van der Waals surface area contributed by atoms with Crippen molar-refractivity contribution in [2.24, 2.45) is 5.41 Å². The molecule has 4 aliphatic rings. The van der Waals surface area contributed by atoms with Gasteiger partial charge in [0.2, 0.25) is 11.8 Å². The van der Waals surface area contributed by atoms with Gasteiger partial charge in [0, 0.05) is 36.1 Å². The molecule has 2 atom stereocenters. The number of morpholine rings is 1. The Morgan fingerprint density at radius 1 is 1.12 bits per heavy atom. The van der Waals surface area contributed by atoms with Gasteiger partial charge in [0.25, 0.3) is 0 Å². The fourth-order valence-corrected chi connectivity index (χ4v) is 6.99. The number of oxazole rings is 1. The SMILES string of the molecule is CCC12C=C(c3nc(C)c(N4CCOCC4)o3)n3c4c(c5ccccc53)CCN(CCC1)C42. The molecule has 7 rings (SSSR count). The summed E-state index contributed by atoms with van der Waals surface area (Å²) in [4.78, 5) is 10.0. The Morgan fingerprint density at radius 2 is 1.97 bits per heavy atom. The number of hydrogen-bond donors (Lipinski definition) is 0. The first-order chi connectivity index (χ1) is 16.2. The second-order valence-corrected chi connectivity index (χ2v) is 10.1. The highest BCUT2D eigenvalue weighted by Crippen LogP contribution is 2.57. The average molecular weight is 445 g/mol. The lowest BCUT2D eigenvalue weighted by atomic mass is 9.66. The van der Waals surface area contributed by atoms with Crippen molar-refractivity contribution in [2.45, 2.75) is 45.6 Å². The first kappa shape index (κ1) is 19.9. The summed E-state index contributed by atoms with van der Waals surface area (Å²) in [6, 6.07) is 9.37. The van der Waals surface area contributed by atoms with Crippen LogP contribution in [0.2, 0.25) is 0 Å². The molecule has 6 heterocycles. The molecule has 0 spiro atoms. The van der Waals surface area contributed by atoms with Crippen LogP contribution >= 0.6 is 0 Å². The van der Waals surface area contributed by atoms with Crippen molar-refractivity contribution in [1.29, 1.82) is 0 Å². The van der Waals surface area contributed by atoms with Crippen LogP contribution in [-0.2, 0) is 11.2 Å². The van der Waals surface area contributed by atoms with Gasteiger partial charge in [0.15, 0.2) is 0 Å². The summed E-state index contributed by atoms with van der Waals surface area (Å²) >= 11 is 0. The molecule has 0 bridgehead atoms. The minimum absolute atomic E-state index is 0.134. The highest BCUT2D eigenvalue weighted by atomic mass is 16.5. The maximum atomic E-state index is 6.58. The quantitative estimate of drug-likeness (QED) is 0.583. The maximum Gasteiger partial charge on any atom is 0.245 e. The molecule has 0 saturated carbocycles. The molecule has 3 aromatic rings. The van der Waals surface area contributed by atoms with Crippen molar-refractivity contribution in [1.82, 2.24) is 14.5 Å². The van der Waals surface area contributed by atoms with Gasteiger partial charge in [0.05, 0.1) is 24.8 Å². The van der Waals surface area contributed by atoms with Crippen LogP contribution in [0.15, 0.2) is 34.8 Å². The molecule has 6 nitrogen and oxygen atoms in total. The average Bonchev–Trinajstić information content (AvgIpc) is 3.42. The number of hydrogen-bond acceptors (Lipinski definition) is 5. The third-order valence-electron chi connectivity index (χ3n) is 8.54. The van der Waals surface area contributed by atoms with E-state index in [1.54, 1.807) is 0 Å². The van der Waals surface area contributed by atoms with Gasteiger partial charge in [-0.15, -0.1) is 0 Å². The molecule has 172 valence electrons. The Labute approximate surface area is 194 Å². The first-order valence-electron chi connectivity index (χ1n) is 12.6. The second kappa shape index (κ2) is 7.21. The third kappa shape index (κ3) is 2.71. The summed E-state index contributed by atoms with van der Waals surface area (Å²) in [6.45, 7) is 9.99. The van der Waals surface area contributed by atoms with E-state index in [0.717, 1.165) is 68.9 Å². The van der Waals surface area contributed by atoms with Crippen molar-refractivity contribution in [3.05, 3.63) is 53.2 Å². The monoisotopic (exact) mass is 444 g/mol. The Balaban J connectivity index is 1.47. The van der Waals surface area contributed by atoms with E-state index in [9.17, 15) is 0 Å². The summed E-state index contributed by atoms with van der Waals surface area (Å²) in [5, 5.41) is 1.40. The van der Waals surface area contributed by atoms with Crippen LogP contribution in [0, 0.1) is 12.3 Å². The molecule has 2 aromatic heterocycles. The summed E-state index contributed by atoms with van der Waals surface area (Å²) < 4.78 is 14.6. The van der Waals surface area contributed by atoms with Gasteiger partial charge >= 0.3 is 0 Å². The minimum atomic E-state index is 0.134. The van der Waals surface area contributed by atoms with E-state index >= 15 is 0 Å². The summed E-state index contributed by atoms with van der Waals surface area (Å²) in [6.07, 6.45) is 7.27. The van der Waals surface area contributed by atoms with Gasteiger partial charge < -0.3 is 18.6 Å². The smallest absolute Gasteiger partial charge is 0.245 e. The lowest BCUT2D eigenvalue weighted by molar-refractivity contribution is 0.0269. The minimum Gasteiger partial charge on any atom is -0.419 e. The van der Waals surface area contributed by atoms with Crippen molar-refractivity contribution in [2.75, 3.05) is 44.3 Å². The fourth-order valence-electron chi connectivity index (χ4n) is 6.99. The number of aryl methyl sites for hydroxylation is 1. The van der Waals surface area contributed by atoms with E-state index in [1.165, 1.54) is 41.5 Å². The lowest BCUT2D eigenvalue weighted by Gasteiger charge is -2.53. The number of anilines is 1. The zero-order valence-corrected chi connectivity index (χ0v) is 19.6. The Bertz CT molecular complexity index is 1260. The fraction of sp³-hybridized carbons (Fsp3) is 0.519. The van der Waals surface area contributed by atoms with Gasteiger partial charge in [-0.3, -0.25) is 4.90 Å². The highest BCUT2D eigenvalue weighted by molar-refractivity contribution is 5.91. The zero-order valence-electron chi connectivity index (χ0n) is 19.6. The molecular formula is C27H32N4O2. The van der Waals surface area contributed by atoms with Gasteiger partial charge in [0.1, 0.15) is 11.4 Å². The number of piperidine rings is 1. The number of fused-ring (bicyclic) bond motifs is 3. The topological polar surface area (TPSA) is 46.7 Å². The number of aromatic nitrogens is 2. The molecule has 1 aromatic carbocycles. The Morgan fingerprint density at radius 3 is 2.82 bits per heavy atom. The highest BCUT2D eigenvalue weighted by Gasteiger charge is 2.51. The van der Waals surface area contributed by atoms with Crippen molar-refractivity contribution < 1.29 is 9.15 Å². The summed E-state index contributed by atoms with van der Waals surface area (Å²) in [5.74, 6) is 1.66. The van der Waals surface area contributed by atoms with Gasteiger partial charge in [-0.05, 0) is 56.9 Å². The van der Waals surface area contributed by atoms with E-state index in [-0.39, 0.29) is 5.41 Å².